The second-order valence-electron chi connectivity index (χ2n) is 10.5. The molecule has 7 heteroatoms. The van der Waals surface area contributed by atoms with Crippen molar-refractivity contribution in [1.29, 1.82) is 0 Å². The monoisotopic (exact) mass is 443 g/mol. The Morgan fingerprint density at radius 3 is 2.70 bits per heavy atom. The molecule has 0 saturated carbocycles. The van der Waals surface area contributed by atoms with Gasteiger partial charge in [-0.25, -0.2) is 0 Å². The molecular weight excluding hydrogens is 401 g/mol. The first-order chi connectivity index (χ1) is 14.1. The molecule has 6 nitrogen and oxygen atoms in total. The fourth-order valence-corrected chi connectivity index (χ4v) is 6.25. The van der Waals surface area contributed by atoms with Crippen LogP contribution in [-0.2, 0) is 14.1 Å². The van der Waals surface area contributed by atoms with Crippen molar-refractivity contribution in [3.05, 3.63) is 12.2 Å². The van der Waals surface area contributed by atoms with Crippen molar-refractivity contribution in [3.8, 4) is 0 Å². The SMILES string of the molecule is CCCC[C@@H]1OC[C@]2([C@H](O)[C@@H]3C=CCCC3)N1C(=O)C(CCO[PH](C)(C)C)[C@]2(C)O. The van der Waals surface area contributed by atoms with Crippen LogP contribution in [0, 0.1) is 11.8 Å². The first-order valence-corrected chi connectivity index (χ1v) is 15.1. The summed E-state index contributed by atoms with van der Waals surface area (Å²) in [5, 5.41) is 23.4. The zero-order valence-corrected chi connectivity index (χ0v) is 20.4. The molecule has 6 atom stereocenters. The van der Waals surface area contributed by atoms with E-state index in [0.717, 1.165) is 38.5 Å². The van der Waals surface area contributed by atoms with Crippen LogP contribution in [0.2, 0.25) is 0 Å². The van der Waals surface area contributed by atoms with Crippen LogP contribution in [0.15, 0.2) is 12.2 Å². The van der Waals surface area contributed by atoms with E-state index in [4.69, 9.17) is 9.26 Å². The van der Waals surface area contributed by atoms with Gasteiger partial charge in [-0.05, 0) is 0 Å². The average Bonchev–Trinajstić information content (AvgIpc) is 3.15. The Kier molecular flexibility index (Phi) is 7.36. The summed E-state index contributed by atoms with van der Waals surface area (Å²) in [6, 6.07) is 0. The van der Waals surface area contributed by atoms with E-state index in [0.29, 0.717) is 13.0 Å². The summed E-state index contributed by atoms with van der Waals surface area (Å²) in [6.07, 6.45) is 8.95. The topological polar surface area (TPSA) is 79.2 Å². The Balaban J connectivity index is 1.92. The molecule has 1 aliphatic carbocycles. The standard InChI is InChI=1S/C23H42NO5P/c1-6-7-13-19-24-21(26)18(14-15-29-30(3,4)5)22(2,27)23(24,16-28-19)20(25)17-11-9-8-10-12-17/h9,11,17-20,25,27,30H,6-8,10,12-16H2,1-5H3/t17-,18?,19+,20-,22+,23-/m1/s1. The van der Waals surface area contributed by atoms with Gasteiger partial charge in [0, 0.05) is 0 Å². The Bertz CT molecular complexity index is 646. The van der Waals surface area contributed by atoms with Crippen LogP contribution < -0.4 is 0 Å². The zero-order valence-electron chi connectivity index (χ0n) is 19.4. The van der Waals surface area contributed by atoms with E-state index < -0.39 is 30.7 Å². The molecule has 2 N–H and O–H groups in total. The molecular formula is C23H42NO5P. The first-order valence-electron chi connectivity index (χ1n) is 11.7. The predicted molar refractivity (Wildman–Crippen MR) is 122 cm³/mol. The summed E-state index contributed by atoms with van der Waals surface area (Å²) >= 11 is 0. The van der Waals surface area contributed by atoms with E-state index in [1.807, 2.05) is 0 Å². The minimum absolute atomic E-state index is 0.0777. The number of aliphatic hydroxyl groups excluding tert-OH is 1. The molecule has 3 rings (SSSR count). The van der Waals surface area contributed by atoms with Crippen LogP contribution in [0.5, 0.6) is 0 Å². The van der Waals surface area contributed by atoms with Crippen molar-refractivity contribution in [2.75, 3.05) is 33.2 Å². The maximum absolute atomic E-state index is 13.6. The molecule has 0 aromatic rings. The molecule has 0 spiro atoms. The number of fused-ring (bicyclic) bond motifs is 1. The quantitative estimate of drug-likeness (QED) is 0.423. The number of ether oxygens (including phenoxy) is 1. The number of rotatable bonds is 9. The van der Waals surface area contributed by atoms with E-state index >= 15 is 0 Å². The van der Waals surface area contributed by atoms with E-state index in [2.05, 4.69) is 39.1 Å². The molecule has 1 amide bonds. The molecule has 2 fully saturated rings. The Morgan fingerprint density at radius 1 is 1.37 bits per heavy atom. The molecule has 0 bridgehead atoms. The van der Waals surface area contributed by atoms with Gasteiger partial charge in [0.25, 0.3) is 0 Å². The van der Waals surface area contributed by atoms with Crippen molar-refractivity contribution >= 4 is 13.4 Å². The van der Waals surface area contributed by atoms with Crippen molar-refractivity contribution in [2.24, 2.45) is 11.8 Å². The predicted octanol–water partition coefficient (Wildman–Crippen LogP) is 3.16. The molecule has 174 valence electrons. The van der Waals surface area contributed by atoms with Crippen molar-refractivity contribution in [3.63, 3.8) is 0 Å². The first kappa shape index (κ1) is 24.1. The van der Waals surface area contributed by atoms with Crippen LogP contribution in [0.3, 0.4) is 0 Å². The summed E-state index contributed by atoms with van der Waals surface area (Å²) in [6.45, 7) is 10.8. The van der Waals surface area contributed by atoms with Gasteiger partial charge in [0.15, 0.2) is 0 Å². The Hall–Kier alpha value is -0.520. The van der Waals surface area contributed by atoms with Gasteiger partial charge in [0.2, 0.25) is 0 Å². The summed E-state index contributed by atoms with van der Waals surface area (Å²) < 4.78 is 12.1. The third kappa shape index (κ3) is 4.23. The third-order valence-electron chi connectivity index (χ3n) is 7.24. The molecule has 3 aliphatic rings. The molecule has 0 radical (unpaired) electrons. The number of hydrogen-bond donors (Lipinski definition) is 2. The van der Waals surface area contributed by atoms with Gasteiger partial charge in [-0.1, -0.05) is 0 Å². The van der Waals surface area contributed by atoms with E-state index in [1.165, 1.54) is 0 Å². The van der Waals surface area contributed by atoms with Crippen LogP contribution >= 0.6 is 7.49 Å². The van der Waals surface area contributed by atoms with E-state index in [-0.39, 0.29) is 24.7 Å². The van der Waals surface area contributed by atoms with Gasteiger partial charge >= 0.3 is 182 Å². The molecule has 0 aromatic carbocycles. The van der Waals surface area contributed by atoms with Gasteiger partial charge in [-0.2, -0.15) is 0 Å². The summed E-state index contributed by atoms with van der Waals surface area (Å²) in [5.74, 6) is -0.772. The number of aliphatic hydroxyl groups is 2. The van der Waals surface area contributed by atoms with Crippen LogP contribution in [0.25, 0.3) is 0 Å². The number of allylic oxidation sites excluding steroid dienone is 1. The van der Waals surface area contributed by atoms with Crippen molar-refractivity contribution in [1.82, 2.24) is 4.90 Å². The van der Waals surface area contributed by atoms with E-state index in [1.54, 1.807) is 11.8 Å². The maximum atomic E-state index is 13.6. The number of carbonyl (C=O) groups excluding carboxylic acids is 1. The summed E-state index contributed by atoms with van der Waals surface area (Å²) in [5.41, 5.74) is -2.50. The van der Waals surface area contributed by atoms with E-state index in [9.17, 15) is 15.0 Å². The van der Waals surface area contributed by atoms with Crippen LogP contribution in [-0.4, -0.2) is 77.7 Å². The number of unbranched alkanes of at least 4 members (excludes halogenated alkanes) is 1. The molecule has 30 heavy (non-hydrogen) atoms. The zero-order chi connectivity index (χ0) is 22.2. The third-order valence-corrected chi connectivity index (χ3v) is 8.31. The van der Waals surface area contributed by atoms with Crippen LogP contribution in [0.4, 0.5) is 0 Å². The molecule has 1 unspecified atom stereocenters. The molecule has 2 saturated heterocycles. The average molecular weight is 444 g/mol. The molecule has 2 aliphatic heterocycles. The van der Waals surface area contributed by atoms with Gasteiger partial charge < -0.3 is 0 Å². The van der Waals surface area contributed by atoms with Gasteiger partial charge in [0.1, 0.15) is 0 Å². The number of nitrogens with zero attached hydrogens (tertiary/aromatic N) is 1. The molecule has 0 aromatic heterocycles. The van der Waals surface area contributed by atoms with Gasteiger partial charge in [0.05, 0.1) is 0 Å². The Labute approximate surface area is 182 Å². The van der Waals surface area contributed by atoms with Crippen molar-refractivity contribution in [2.45, 2.75) is 82.3 Å². The Morgan fingerprint density at radius 2 is 2.10 bits per heavy atom. The van der Waals surface area contributed by atoms with Crippen molar-refractivity contribution < 1.29 is 24.3 Å². The second kappa shape index (κ2) is 9.15. The molecule has 2 heterocycles. The van der Waals surface area contributed by atoms with Gasteiger partial charge in [-0.3, -0.25) is 0 Å². The van der Waals surface area contributed by atoms with Gasteiger partial charge in [-0.15, -0.1) is 0 Å². The second-order valence-corrected chi connectivity index (χ2v) is 15.0. The summed E-state index contributed by atoms with van der Waals surface area (Å²) in [4.78, 5) is 15.4. The normalized spacial score (nSPS) is 38.2. The number of carbonyl (C=O) groups is 1. The summed E-state index contributed by atoms with van der Waals surface area (Å²) in [7, 11) is -1.71. The fraction of sp³-hybridized carbons (Fsp3) is 0.870. The minimum atomic E-state index is -1.71. The van der Waals surface area contributed by atoms with Crippen LogP contribution in [0.1, 0.15) is 58.8 Å². The number of hydrogen-bond acceptors (Lipinski definition) is 5. The number of amides is 1. The fourth-order valence-electron chi connectivity index (χ4n) is 5.52.